The molecule has 0 atom stereocenters. The van der Waals surface area contributed by atoms with Crippen LogP contribution in [0.25, 0.3) is 0 Å². The van der Waals surface area contributed by atoms with Gasteiger partial charge in [-0.25, -0.2) is 4.79 Å². The van der Waals surface area contributed by atoms with E-state index in [-0.39, 0.29) is 11.9 Å². The number of amides is 3. The van der Waals surface area contributed by atoms with Crippen LogP contribution in [-0.2, 0) is 17.9 Å². The molecule has 6 nitrogen and oxygen atoms in total. The molecule has 0 aliphatic rings. The van der Waals surface area contributed by atoms with E-state index in [1.165, 1.54) is 0 Å². The van der Waals surface area contributed by atoms with Crippen molar-refractivity contribution in [1.82, 2.24) is 16.0 Å². The van der Waals surface area contributed by atoms with E-state index in [9.17, 15) is 9.59 Å². The summed E-state index contributed by atoms with van der Waals surface area (Å²) < 4.78 is 6.01. The molecule has 0 aromatic heterocycles. The highest BCUT2D eigenvalue weighted by Gasteiger charge is 2.05. The van der Waals surface area contributed by atoms with Crippen molar-refractivity contribution in [2.75, 3.05) is 20.2 Å². The topological polar surface area (TPSA) is 79.5 Å². The zero-order valence-corrected chi connectivity index (χ0v) is 16.1. The molecule has 0 saturated heterocycles. The fourth-order valence-electron chi connectivity index (χ4n) is 2.30. The van der Waals surface area contributed by atoms with E-state index in [2.05, 4.69) is 31.9 Å². The summed E-state index contributed by atoms with van der Waals surface area (Å²) in [7, 11) is 1.65. The molecular weight excluding hydrogens is 398 g/mol. The summed E-state index contributed by atoms with van der Waals surface area (Å²) in [6.45, 7) is 1.66. The second kappa shape index (κ2) is 10.6. The maximum Gasteiger partial charge on any atom is 0.315 e. The highest BCUT2D eigenvalue weighted by atomic mass is 79.9. The van der Waals surface area contributed by atoms with Gasteiger partial charge in [0.1, 0.15) is 0 Å². The summed E-state index contributed by atoms with van der Waals surface area (Å²) >= 11 is 3.33. The number of urea groups is 1. The number of carbonyl (C=O) groups is 2. The highest BCUT2D eigenvalue weighted by molar-refractivity contribution is 9.10. The van der Waals surface area contributed by atoms with Crippen LogP contribution in [0.15, 0.2) is 53.0 Å². The number of hydrogen-bond donors (Lipinski definition) is 3. The second-order valence-corrected chi connectivity index (χ2v) is 6.54. The molecule has 0 aliphatic carbocycles. The molecule has 0 fully saturated rings. The SMILES string of the molecule is COCc1cccc(CNC(=O)NCCNC(=O)c2ccc(Br)cc2)c1. The van der Waals surface area contributed by atoms with Crippen LogP contribution in [0.5, 0.6) is 0 Å². The number of hydrogen-bond acceptors (Lipinski definition) is 3. The van der Waals surface area contributed by atoms with Crippen LogP contribution in [-0.4, -0.2) is 32.1 Å². The molecule has 2 rings (SSSR count). The Labute approximate surface area is 161 Å². The van der Waals surface area contributed by atoms with Crippen molar-refractivity contribution in [3.05, 3.63) is 69.7 Å². The second-order valence-electron chi connectivity index (χ2n) is 5.63. The van der Waals surface area contributed by atoms with Gasteiger partial charge in [-0.1, -0.05) is 40.2 Å². The first kappa shape index (κ1) is 19.9. The average molecular weight is 420 g/mol. The fourth-order valence-corrected chi connectivity index (χ4v) is 2.56. The van der Waals surface area contributed by atoms with Gasteiger partial charge in [-0.15, -0.1) is 0 Å². The standard InChI is InChI=1S/C19H22BrN3O3/c1-26-13-15-4-2-3-14(11-15)12-23-19(25)22-10-9-21-18(24)16-5-7-17(20)8-6-16/h2-8,11H,9-10,12-13H2,1H3,(H,21,24)(H2,22,23,25). The molecule has 0 aliphatic heterocycles. The molecule has 0 heterocycles. The summed E-state index contributed by atoms with van der Waals surface area (Å²) in [5, 5.41) is 8.26. The van der Waals surface area contributed by atoms with Crippen LogP contribution in [0.2, 0.25) is 0 Å². The van der Waals surface area contributed by atoms with Gasteiger partial charge in [-0.3, -0.25) is 4.79 Å². The molecular formula is C19H22BrN3O3. The summed E-state index contributed by atoms with van der Waals surface area (Å²) in [5.41, 5.74) is 2.63. The minimum Gasteiger partial charge on any atom is -0.380 e. The minimum atomic E-state index is -0.278. The van der Waals surface area contributed by atoms with Crippen molar-refractivity contribution >= 4 is 27.9 Å². The molecule has 3 amide bonds. The largest absolute Gasteiger partial charge is 0.380 e. The smallest absolute Gasteiger partial charge is 0.315 e. The van der Waals surface area contributed by atoms with Crippen molar-refractivity contribution in [3.8, 4) is 0 Å². The highest BCUT2D eigenvalue weighted by Crippen LogP contribution is 2.10. The number of benzene rings is 2. The Bertz CT molecular complexity index is 735. The van der Waals surface area contributed by atoms with Crippen LogP contribution < -0.4 is 16.0 Å². The third-order valence-corrected chi connectivity index (χ3v) is 4.09. The van der Waals surface area contributed by atoms with E-state index in [4.69, 9.17) is 4.74 Å². The van der Waals surface area contributed by atoms with E-state index >= 15 is 0 Å². The molecule has 0 unspecified atom stereocenters. The van der Waals surface area contributed by atoms with Crippen LogP contribution in [0, 0.1) is 0 Å². The molecule has 0 radical (unpaired) electrons. The zero-order chi connectivity index (χ0) is 18.8. The van der Waals surface area contributed by atoms with Crippen molar-refractivity contribution in [2.45, 2.75) is 13.2 Å². The van der Waals surface area contributed by atoms with Gasteiger partial charge >= 0.3 is 6.03 Å². The van der Waals surface area contributed by atoms with Gasteiger partial charge < -0.3 is 20.7 Å². The molecule has 26 heavy (non-hydrogen) atoms. The maximum atomic E-state index is 11.9. The molecule has 2 aromatic carbocycles. The van der Waals surface area contributed by atoms with Crippen LogP contribution >= 0.6 is 15.9 Å². The van der Waals surface area contributed by atoms with Gasteiger partial charge in [0.15, 0.2) is 0 Å². The molecule has 7 heteroatoms. The Kier molecular flexibility index (Phi) is 8.11. The number of halogens is 1. The number of carbonyl (C=O) groups excluding carboxylic acids is 2. The van der Waals surface area contributed by atoms with E-state index in [1.807, 2.05) is 36.4 Å². The molecule has 2 aromatic rings. The molecule has 0 saturated carbocycles. The lowest BCUT2D eigenvalue weighted by Gasteiger charge is -2.09. The van der Waals surface area contributed by atoms with E-state index in [1.54, 1.807) is 19.2 Å². The predicted octanol–water partition coefficient (Wildman–Crippen LogP) is 2.82. The van der Waals surface area contributed by atoms with Gasteiger partial charge in [0.05, 0.1) is 6.61 Å². The number of ether oxygens (including phenoxy) is 1. The normalized spacial score (nSPS) is 10.2. The van der Waals surface area contributed by atoms with E-state index in [0.717, 1.165) is 15.6 Å². The lowest BCUT2D eigenvalue weighted by molar-refractivity contribution is 0.0954. The lowest BCUT2D eigenvalue weighted by atomic mass is 10.1. The van der Waals surface area contributed by atoms with Gasteiger partial charge in [-0.2, -0.15) is 0 Å². The molecule has 0 bridgehead atoms. The first-order valence-corrected chi connectivity index (χ1v) is 9.00. The Hall–Kier alpha value is -2.38. The molecule has 138 valence electrons. The Balaban J connectivity index is 1.65. The first-order valence-electron chi connectivity index (χ1n) is 8.20. The Morgan fingerprint density at radius 1 is 0.962 bits per heavy atom. The molecule has 3 N–H and O–H groups in total. The number of rotatable bonds is 8. The number of nitrogens with one attached hydrogen (secondary N) is 3. The van der Waals surface area contributed by atoms with Crippen LogP contribution in [0.4, 0.5) is 4.79 Å². The van der Waals surface area contributed by atoms with E-state index in [0.29, 0.717) is 31.8 Å². The van der Waals surface area contributed by atoms with Gasteiger partial charge in [0.2, 0.25) is 0 Å². The third kappa shape index (κ3) is 6.85. The van der Waals surface area contributed by atoms with Gasteiger partial charge in [0.25, 0.3) is 5.91 Å². The third-order valence-electron chi connectivity index (χ3n) is 3.56. The Morgan fingerprint density at radius 3 is 2.38 bits per heavy atom. The van der Waals surface area contributed by atoms with Crippen molar-refractivity contribution in [3.63, 3.8) is 0 Å². The van der Waals surface area contributed by atoms with Crippen molar-refractivity contribution < 1.29 is 14.3 Å². The fraction of sp³-hybridized carbons (Fsp3) is 0.263. The summed E-state index contributed by atoms with van der Waals surface area (Å²) in [6.07, 6.45) is 0. The predicted molar refractivity (Wildman–Crippen MR) is 104 cm³/mol. The molecule has 0 spiro atoms. The number of methoxy groups -OCH3 is 1. The van der Waals surface area contributed by atoms with Crippen molar-refractivity contribution in [2.24, 2.45) is 0 Å². The van der Waals surface area contributed by atoms with Crippen molar-refractivity contribution in [1.29, 1.82) is 0 Å². The first-order chi connectivity index (χ1) is 12.6. The lowest BCUT2D eigenvalue weighted by Crippen LogP contribution is -2.40. The van der Waals surface area contributed by atoms with Crippen LogP contribution in [0.1, 0.15) is 21.5 Å². The van der Waals surface area contributed by atoms with Crippen LogP contribution in [0.3, 0.4) is 0 Å². The quantitative estimate of drug-likeness (QED) is 0.575. The summed E-state index contributed by atoms with van der Waals surface area (Å²) in [4.78, 5) is 23.7. The van der Waals surface area contributed by atoms with E-state index < -0.39 is 0 Å². The maximum absolute atomic E-state index is 11.9. The summed E-state index contributed by atoms with van der Waals surface area (Å²) in [5.74, 6) is -0.172. The monoisotopic (exact) mass is 419 g/mol. The average Bonchev–Trinajstić information content (AvgIpc) is 2.64. The minimum absolute atomic E-state index is 0.172. The summed E-state index contributed by atoms with van der Waals surface area (Å²) in [6, 6.07) is 14.6. The van der Waals surface area contributed by atoms with Gasteiger partial charge in [0, 0.05) is 36.8 Å². The zero-order valence-electron chi connectivity index (χ0n) is 14.5. The van der Waals surface area contributed by atoms with Gasteiger partial charge in [-0.05, 0) is 35.4 Å². The Morgan fingerprint density at radius 2 is 1.65 bits per heavy atom.